The van der Waals surface area contributed by atoms with E-state index in [0.29, 0.717) is 12.8 Å². The Hall–Kier alpha value is -2.35. The maximum absolute atomic E-state index is 12.3. The van der Waals surface area contributed by atoms with Gasteiger partial charge in [0.05, 0.1) is 6.04 Å². The predicted molar refractivity (Wildman–Crippen MR) is 116 cm³/mol. The molecular formula is C22H37N3O5. The summed E-state index contributed by atoms with van der Waals surface area (Å²) in [7, 11) is 0. The molecule has 0 fully saturated rings. The molecule has 0 saturated heterocycles. The van der Waals surface area contributed by atoms with E-state index >= 15 is 0 Å². The smallest absolute Gasteiger partial charge is 0.407 e. The first-order chi connectivity index (χ1) is 13.8. The topological polar surface area (TPSA) is 117 Å². The van der Waals surface area contributed by atoms with Crippen LogP contribution in [-0.2, 0) is 14.3 Å². The van der Waals surface area contributed by atoms with Crippen molar-refractivity contribution in [1.82, 2.24) is 16.0 Å². The zero-order valence-corrected chi connectivity index (χ0v) is 19.0. The van der Waals surface area contributed by atoms with E-state index in [1.165, 1.54) is 0 Å². The first-order valence-electron chi connectivity index (χ1n) is 10.3. The van der Waals surface area contributed by atoms with Crippen molar-refractivity contribution in [1.29, 1.82) is 0 Å². The van der Waals surface area contributed by atoms with Gasteiger partial charge >= 0.3 is 6.09 Å². The van der Waals surface area contributed by atoms with E-state index in [0.717, 1.165) is 5.57 Å². The zero-order valence-electron chi connectivity index (χ0n) is 19.0. The van der Waals surface area contributed by atoms with Gasteiger partial charge in [0, 0.05) is 19.5 Å². The van der Waals surface area contributed by atoms with E-state index in [9.17, 15) is 19.5 Å². The summed E-state index contributed by atoms with van der Waals surface area (Å²) in [6, 6.07) is -0.848. The number of hydrogen-bond donors (Lipinski definition) is 4. The van der Waals surface area contributed by atoms with Crippen LogP contribution in [0.2, 0.25) is 0 Å². The summed E-state index contributed by atoms with van der Waals surface area (Å²) in [5.74, 6) is -0.729. The van der Waals surface area contributed by atoms with Crippen LogP contribution in [0.4, 0.5) is 4.79 Å². The molecule has 0 aromatic rings. The monoisotopic (exact) mass is 423 g/mol. The molecule has 170 valence electrons. The largest absolute Gasteiger partial charge is 0.444 e. The van der Waals surface area contributed by atoms with Crippen molar-refractivity contribution in [2.75, 3.05) is 13.1 Å². The number of carbonyl (C=O) groups excluding carboxylic acids is 3. The van der Waals surface area contributed by atoms with Crippen LogP contribution in [-0.4, -0.2) is 53.9 Å². The maximum atomic E-state index is 12.3. The molecule has 0 radical (unpaired) electrons. The first kappa shape index (κ1) is 25.7. The minimum absolute atomic E-state index is 0.106. The summed E-state index contributed by atoms with van der Waals surface area (Å²) in [5, 5.41) is 18.4. The van der Waals surface area contributed by atoms with Gasteiger partial charge in [0.2, 0.25) is 5.91 Å². The Morgan fingerprint density at radius 1 is 1.20 bits per heavy atom. The van der Waals surface area contributed by atoms with Crippen LogP contribution in [0.1, 0.15) is 60.8 Å². The van der Waals surface area contributed by atoms with Gasteiger partial charge in [-0.25, -0.2) is 4.79 Å². The van der Waals surface area contributed by atoms with Crippen LogP contribution >= 0.6 is 0 Å². The van der Waals surface area contributed by atoms with Crippen molar-refractivity contribution in [3.8, 4) is 0 Å². The van der Waals surface area contributed by atoms with Crippen molar-refractivity contribution in [2.45, 2.75) is 78.6 Å². The van der Waals surface area contributed by atoms with E-state index in [4.69, 9.17) is 4.74 Å². The lowest BCUT2D eigenvalue weighted by molar-refractivity contribution is -0.131. The molecule has 0 aliphatic carbocycles. The average molecular weight is 424 g/mol. The van der Waals surface area contributed by atoms with Gasteiger partial charge in [-0.2, -0.15) is 0 Å². The van der Waals surface area contributed by atoms with Gasteiger partial charge in [0.15, 0.2) is 6.10 Å². The van der Waals surface area contributed by atoms with Crippen LogP contribution in [0.5, 0.6) is 0 Å². The molecule has 0 aromatic heterocycles. The normalized spacial score (nSPS) is 27.1. The van der Waals surface area contributed by atoms with E-state index in [2.05, 4.69) is 22.0 Å². The second-order valence-electron chi connectivity index (χ2n) is 9.41. The van der Waals surface area contributed by atoms with Crippen molar-refractivity contribution in [2.24, 2.45) is 5.41 Å². The summed E-state index contributed by atoms with van der Waals surface area (Å²) in [4.78, 5) is 36.6. The van der Waals surface area contributed by atoms with E-state index in [-0.39, 0.29) is 30.8 Å². The Balaban J connectivity index is 2.97. The summed E-state index contributed by atoms with van der Waals surface area (Å²) in [5.41, 5.74) is 0.114. The number of hydrogen-bond acceptors (Lipinski definition) is 5. The summed E-state index contributed by atoms with van der Waals surface area (Å²) < 4.78 is 5.24. The zero-order chi connectivity index (χ0) is 22.9. The van der Waals surface area contributed by atoms with Crippen molar-refractivity contribution < 1.29 is 24.2 Å². The number of rotatable bonds is 1. The molecule has 1 heterocycles. The molecule has 0 spiro atoms. The molecular weight excluding hydrogens is 386 g/mol. The highest BCUT2D eigenvalue weighted by molar-refractivity contribution is 5.82. The molecule has 0 saturated carbocycles. The van der Waals surface area contributed by atoms with Crippen LogP contribution < -0.4 is 16.0 Å². The lowest BCUT2D eigenvalue weighted by Gasteiger charge is -2.26. The quantitative estimate of drug-likeness (QED) is 0.482. The Kier molecular flexibility index (Phi) is 9.55. The number of alkyl carbamates (subject to hydrolysis) is 1. The fourth-order valence-corrected chi connectivity index (χ4v) is 3.17. The molecule has 8 nitrogen and oxygen atoms in total. The molecule has 0 bridgehead atoms. The Labute approximate surface area is 179 Å². The van der Waals surface area contributed by atoms with Gasteiger partial charge in [-0.3, -0.25) is 9.59 Å². The third-order valence-electron chi connectivity index (χ3n) is 4.35. The average Bonchev–Trinajstić information content (AvgIpc) is 2.57. The fourth-order valence-electron chi connectivity index (χ4n) is 3.17. The SMILES string of the molecule is C/C1=C\C(C)(C)CC(=O)NCCNC(=O)C(O)C(NC(=O)OC(C)(C)C)C/C=C\C1. The number of carbonyl (C=O) groups is 3. The Morgan fingerprint density at radius 3 is 2.47 bits per heavy atom. The molecule has 1 rings (SSSR count). The van der Waals surface area contributed by atoms with Gasteiger partial charge in [-0.15, -0.1) is 0 Å². The van der Waals surface area contributed by atoms with Crippen molar-refractivity contribution >= 4 is 17.9 Å². The van der Waals surface area contributed by atoms with Gasteiger partial charge < -0.3 is 25.8 Å². The standard InChI is InChI=1S/C22H37N3O5/c1-15-9-7-8-10-16(25-20(29)30-21(2,3)4)18(27)19(28)24-12-11-23-17(26)14-22(5,6)13-15/h7-8,13,16,18,27H,9-12,14H2,1-6H3,(H,23,26)(H,24,28)(H,25,29)/b8-7-,15-13+. The molecule has 1 aliphatic rings. The summed E-state index contributed by atoms with van der Waals surface area (Å²) >= 11 is 0. The van der Waals surface area contributed by atoms with E-state index in [1.54, 1.807) is 20.8 Å². The fraction of sp³-hybridized carbons (Fsp3) is 0.682. The van der Waals surface area contributed by atoms with Gasteiger partial charge in [-0.1, -0.05) is 37.6 Å². The third-order valence-corrected chi connectivity index (χ3v) is 4.35. The molecule has 30 heavy (non-hydrogen) atoms. The summed E-state index contributed by atoms with van der Waals surface area (Å²) in [6.45, 7) is 11.6. The molecule has 2 atom stereocenters. The number of allylic oxidation sites excluding steroid dienone is 3. The van der Waals surface area contributed by atoms with Crippen molar-refractivity contribution in [3.05, 3.63) is 23.8 Å². The van der Waals surface area contributed by atoms with E-state index in [1.807, 2.05) is 32.9 Å². The number of ether oxygens (including phenoxy) is 1. The van der Waals surface area contributed by atoms with Crippen LogP contribution in [0, 0.1) is 5.41 Å². The van der Waals surface area contributed by atoms with Gasteiger partial charge in [0.1, 0.15) is 5.60 Å². The minimum Gasteiger partial charge on any atom is -0.444 e. The lowest BCUT2D eigenvalue weighted by atomic mass is 9.86. The molecule has 1 aliphatic heterocycles. The minimum atomic E-state index is -1.46. The Morgan fingerprint density at radius 2 is 1.83 bits per heavy atom. The second kappa shape index (κ2) is 11.2. The Bertz CT molecular complexity index is 677. The molecule has 2 unspecified atom stereocenters. The highest BCUT2D eigenvalue weighted by atomic mass is 16.6. The highest BCUT2D eigenvalue weighted by Crippen LogP contribution is 2.25. The molecule has 4 N–H and O–H groups in total. The molecule has 3 amide bonds. The van der Waals surface area contributed by atoms with Gasteiger partial charge in [-0.05, 0) is 46.0 Å². The summed E-state index contributed by atoms with van der Waals surface area (Å²) in [6.07, 6.45) is 4.92. The van der Waals surface area contributed by atoms with Crippen LogP contribution in [0.15, 0.2) is 23.8 Å². The second-order valence-corrected chi connectivity index (χ2v) is 9.41. The molecule has 0 aromatic carbocycles. The van der Waals surface area contributed by atoms with Gasteiger partial charge in [0.25, 0.3) is 5.91 Å². The number of nitrogens with one attached hydrogen (secondary N) is 3. The van der Waals surface area contributed by atoms with Crippen LogP contribution in [0.3, 0.4) is 0 Å². The highest BCUT2D eigenvalue weighted by Gasteiger charge is 2.28. The first-order valence-corrected chi connectivity index (χ1v) is 10.3. The maximum Gasteiger partial charge on any atom is 0.407 e. The predicted octanol–water partition coefficient (Wildman–Crippen LogP) is 2.19. The van der Waals surface area contributed by atoms with E-state index < -0.39 is 29.7 Å². The third kappa shape index (κ3) is 10.4. The van der Waals surface area contributed by atoms with Crippen LogP contribution in [0.25, 0.3) is 0 Å². The molecule has 8 heteroatoms. The van der Waals surface area contributed by atoms with Crippen molar-refractivity contribution in [3.63, 3.8) is 0 Å². The number of aliphatic hydroxyl groups is 1. The lowest BCUT2D eigenvalue weighted by Crippen LogP contribution is -2.52. The number of amides is 3. The number of aliphatic hydroxyl groups excluding tert-OH is 1.